The van der Waals surface area contributed by atoms with Gasteiger partial charge in [-0.2, -0.15) is 0 Å². The third kappa shape index (κ3) is 13.0. The number of hydrogen-bond donors (Lipinski definition) is 1. The largest absolute Gasteiger partial charge is 0.314 e. The highest BCUT2D eigenvalue weighted by atomic mass is 14.9. The van der Waals surface area contributed by atoms with Crippen LogP contribution in [0.1, 0.15) is 105 Å². The third-order valence-corrected chi connectivity index (χ3v) is 4.58. The van der Waals surface area contributed by atoms with Crippen molar-refractivity contribution < 1.29 is 0 Å². The van der Waals surface area contributed by atoms with Crippen molar-refractivity contribution in [1.29, 1.82) is 0 Å². The van der Waals surface area contributed by atoms with Crippen LogP contribution in [-0.4, -0.2) is 12.6 Å². The third-order valence-electron chi connectivity index (χ3n) is 4.58. The van der Waals surface area contributed by atoms with Crippen LogP contribution < -0.4 is 5.32 Å². The van der Waals surface area contributed by atoms with Gasteiger partial charge in [-0.05, 0) is 32.2 Å². The second-order valence-electron chi connectivity index (χ2n) is 6.69. The highest BCUT2D eigenvalue weighted by Crippen LogP contribution is 2.15. The van der Waals surface area contributed by atoms with Crippen LogP contribution in [0.25, 0.3) is 0 Å². The Hall–Kier alpha value is -0.0400. The number of nitrogens with one attached hydrogen (secondary N) is 1. The van der Waals surface area contributed by atoms with Gasteiger partial charge in [-0.15, -0.1) is 0 Å². The van der Waals surface area contributed by atoms with E-state index in [4.69, 9.17) is 0 Å². The molecule has 2 unspecified atom stereocenters. The Bertz CT molecular complexity index is 179. The molecule has 1 N–H and O–H groups in total. The van der Waals surface area contributed by atoms with Gasteiger partial charge in [0.1, 0.15) is 0 Å². The van der Waals surface area contributed by atoms with Crippen molar-refractivity contribution in [2.75, 3.05) is 6.54 Å². The van der Waals surface area contributed by atoms with E-state index in [1.165, 1.54) is 83.6 Å². The zero-order valence-electron chi connectivity index (χ0n) is 14.8. The Morgan fingerprint density at radius 3 is 1.65 bits per heavy atom. The lowest BCUT2D eigenvalue weighted by Gasteiger charge is -2.21. The molecule has 0 radical (unpaired) electrons. The fourth-order valence-electron chi connectivity index (χ4n) is 2.78. The van der Waals surface area contributed by atoms with E-state index in [9.17, 15) is 0 Å². The summed E-state index contributed by atoms with van der Waals surface area (Å²) < 4.78 is 0. The summed E-state index contributed by atoms with van der Waals surface area (Å²) in [6.07, 6.45) is 17.1. The van der Waals surface area contributed by atoms with Gasteiger partial charge in [0.2, 0.25) is 0 Å². The minimum Gasteiger partial charge on any atom is -0.314 e. The molecule has 0 aliphatic heterocycles. The predicted molar refractivity (Wildman–Crippen MR) is 93.4 cm³/mol. The summed E-state index contributed by atoms with van der Waals surface area (Å²) >= 11 is 0. The summed E-state index contributed by atoms with van der Waals surface area (Å²) in [6, 6.07) is 0.688. The molecule has 0 amide bonds. The Labute approximate surface area is 129 Å². The maximum atomic E-state index is 3.62. The van der Waals surface area contributed by atoms with Crippen LogP contribution in [0.4, 0.5) is 0 Å². The van der Waals surface area contributed by atoms with E-state index in [0.29, 0.717) is 6.04 Å². The number of hydrogen-bond acceptors (Lipinski definition) is 1. The minimum absolute atomic E-state index is 0.688. The van der Waals surface area contributed by atoms with Crippen molar-refractivity contribution in [3.05, 3.63) is 0 Å². The van der Waals surface area contributed by atoms with Gasteiger partial charge >= 0.3 is 0 Å². The fraction of sp³-hybridized carbons (Fsp3) is 1.00. The SMILES string of the molecule is CCCCCCCCCCCCC(C)C(C)NCCC. The summed E-state index contributed by atoms with van der Waals surface area (Å²) in [7, 11) is 0. The molecule has 1 heteroatoms. The van der Waals surface area contributed by atoms with Crippen molar-refractivity contribution in [3.8, 4) is 0 Å². The van der Waals surface area contributed by atoms with Gasteiger partial charge in [0.15, 0.2) is 0 Å². The van der Waals surface area contributed by atoms with Gasteiger partial charge in [0, 0.05) is 6.04 Å². The van der Waals surface area contributed by atoms with E-state index in [2.05, 4.69) is 33.0 Å². The van der Waals surface area contributed by atoms with Gasteiger partial charge in [0.25, 0.3) is 0 Å². The van der Waals surface area contributed by atoms with E-state index >= 15 is 0 Å². The first-order chi connectivity index (χ1) is 9.72. The zero-order valence-corrected chi connectivity index (χ0v) is 14.8. The molecule has 0 aliphatic carbocycles. The Kier molecular flexibility index (Phi) is 15.3. The Morgan fingerprint density at radius 2 is 1.15 bits per heavy atom. The summed E-state index contributed by atoms with van der Waals surface area (Å²) in [4.78, 5) is 0. The first kappa shape index (κ1) is 20.0. The van der Waals surface area contributed by atoms with Crippen molar-refractivity contribution in [2.24, 2.45) is 5.92 Å². The molecule has 0 aromatic carbocycles. The monoisotopic (exact) mass is 283 g/mol. The molecule has 1 nitrogen and oxygen atoms in total. The van der Waals surface area contributed by atoms with E-state index in [1.807, 2.05) is 0 Å². The second kappa shape index (κ2) is 15.4. The van der Waals surface area contributed by atoms with Crippen LogP contribution in [0.5, 0.6) is 0 Å². The first-order valence-corrected chi connectivity index (χ1v) is 9.45. The molecule has 0 heterocycles. The molecule has 2 atom stereocenters. The van der Waals surface area contributed by atoms with Gasteiger partial charge < -0.3 is 5.32 Å². The van der Waals surface area contributed by atoms with Crippen molar-refractivity contribution in [3.63, 3.8) is 0 Å². The molecule has 0 fully saturated rings. The summed E-state index contributed by atoms with van der Waals surface area (Å²) in [5.41, 5.74) is 0. The molecule has 0 aromatic heterocycles. The summed E-state index contributed by atoms with van der Waals surface area (Å²) in [5, 5.41) is 3.62. The smallest absolute Gasteiger partial charge is 0.00643 e. The van der Waals surface area contributed by atoms with Crippen molar-refractivity contribution >= 4 is 0 Å². The van der Waals surface area contributed by atoms with Crippen LogP contribution >= 0.6 is 0 Å². The molecule has 20 heavy (non-hydrogen) atoms. The van der Waals surface area contributed by atoms with Crippen LogP contribution in [0, 0.1) is 5.92 Å². The summed E-state index contributed by atoms with van der Waals surface area (Å²) in [6.45, 7) is 10.5. The van der Waals surface area contributed by atoms with Crippen LogP contribution in [0.3, 0.4) is 0 Å². The molecule has 0 aliphatic rings. The molecule has 122 valence electrons. The average Bonchev–Trinajstić information content (AvgIpc) is 2.46. The molecule has 0 spiro atoms. The number of unbranched alkanes of at least 4 members (excludes halogenated alkanes) is 9. The van der Waals surface area contributed by atoms with Crippen LogP contribution in [0.2, 0.25) is 0 Å². The second-order valence-corrected chi connectivity index (χ2v) is 6.69. The molecule has 0 rings (SSSR count). The molecular formula is C19H41N. The topological polar surface area (TPSA) is 12.0 Å². The summed E-state index contributed by atoms with van der Waals surface area (Å²) in [5.74, 6) is 0.829. The maximum Gasteiger partial charge on any atom is 0.00643 e. The van der Waals surface area contributed by atoms with Crippen LogP contribution in [0.15, 0.2) is 0 Å². The quantitative estimate of drug-likeness (QED) is 0.347. The Balaban J connectivity index is 3.22. The maximum absolute atomic E-state index is 3.62. The van der Waals surface area contributed by atoms with Gasteiger partial charge in [-0.1, -0.05) is 85.0 Å². The van der Waals surface area contributed by atoms with Crippen LogP contribution in [-0.2, 0) is 0 Å². The highest BCUT2D eigenvalue weighted by molar-refractivity contribution is 4.68. The lowest BCUT2D eigenvalue weighted by Crippen LogP contribution is -2.32. The molecule has 0 saturated heterocycles. The molecule has 0 bridgehead atoms. The van der Waals surface area contributed by atoms with Crippen molar-refractivity contribution in [1.82, 2.24) is 5.32 Å². The first-order valence-electron chi connectivity index (χ1n) is 9.45. The predicted octanol–water partition coefficient (Wildman–Crippen LogP) is 6.32. The lowest BCUT2D eigenvalue weighted by molar-refractivity contribution is 0.366. The molecular weight excluding hydrogens is 242 g/mol. The highest BCUT2D eigenvalue weighted by Gasteiger charge is 2.10. The van der Waals surface area contributed by atoms with Gasteiger partial charge in [-0.25, -0.2) is 0 Å². The van der Waals surface area contributed by atoms with E-state index in [-0.39, 0.29) is 0 Å². The Morgan fingerprint density at radius 1 is 0.650 bits per heavy atom. The van der Waals surface area contributed by atoms with E-state index in [1.54, 1.807) is 0 Å². The van der Waals surface area contributed by atoms with E-state index < -0.39 is 0 Å². The lowest BCUT2D eigenvalue weighted by atomic mass is 9.95. The normalized spacial score (nSPS) is 14.4. The van der Waals surface area contributed by atoms with E-state index in [0.717, 1.165) is 5.92 Å². The molecule has 0 saturated carbocycles. The minimum atomic E-state index is 0.688. The number of rotatable bonds is 15. The fourth-order valence-corrected chi connectivity index (χ4v) is 2.78. The van der Waals surface area contributed by atoms with Gasteiger partial charge in [-0.3, -0.25) is 0 Å². The average molecular weight is 284 g/mol. The zero-order chi connectivity index (χ0) is 15.1. The van der Waals surface area contributed by atoms with Crippen molar-refractivity contribution in [2.45, 2.75) is 111 Å². The van der Waals surface area contributed by atoms with Gasteiger partial charge in [0.05, 0.1) is 0 Å². The molecule has 0 aromatic rings. The standard InChI is InChI=1S/C19H41N/c1-5-7-8-9-10-11-12-13-14-15-16-18(3)19(4)20-17-6-2/h18-20H,5-17H2,1-4H3.